The Morgan fingerprint density at radius 3 is 0.818 bits per heavy atom. The zero-order valence-electron chi connectivity index (χ0n) is 81.7. The second-order valence-electron chi connectivity index (χ2n) is 22.7. The fourth-order valence-corrected chi connectivity index (χ4v) is 9.51. The summed E-state index contributed by atoms with van der Waals surface area (Å²) >= 11 is 0. The molecule has 5 N–H and O–H groups in total. The minimum Gasteiger partial charge on any atom is -0.486 e. The summed E-state index contributed by atoms with van der Waals surface area (Å²) in [6.45, 7) is -18.6. The summed E-state index contributed by atoms with van der Waals surface area (Å²) in [7, 11) is 0. The zero-order chi connectivity index (χ0) is 101. The van der Waals surface area contributed by atoms with Crippen LogP contribution in [0.3, 0.4) is 0 Å². The maximum Gasteiger partial charge on any atom is 0.416 e. The highest BCUT2D eigenvalue weighted by Gasteiger charge is 2.34. The first-order valence-corrected chi connectivity index (χ1v) is 32.8. The molecule has 0 bridgehead atoms. The Morgan fingerprint density at radius 1 is 0.264 bits per heavy atom. The molecule has 10 rings (SSSR count). The van der Waals surface area contributed by atoms with E-state index in [4.69, 9.17) is 56.6 Å². The van der Waals surface area contributed by atoms with Gasteiger partial charge in [-0.3, -0.25) is 0 Å². The predicted octanol–water partition coefficient (Wildman–Crippen LogP) is 22.2. The van der Waals surface area contributed by atoms with E-state index in [2.05, 4.69) is 16.0 Å². The first kappa shape index (κ1) is 58.9. The second kappa shape index (κ2) is 45.2. The number of hydrogen-bond donors (Lipinski definition) is 5. The molecule has 0 amide bonds. The van der Waals surface area contributed by atoms with Crippen molar-refractivity contribution >= 4 is 0 Å². The number of halogens is 15. The molecule has 0 heterocycles. The van der Waals surface area contributed by atoms with Gasteiger partial charge in [0, 0.05) is 63.5 Å². The summed E-state index contributed by atoms with van der Waals surface area (Å²) < 4.78 is 399. The van der Waals surface area contributed by atoms with Crippen molar-refractivity contribution in [2.45, 2.75) is 93.4 Å². The lowest BCUT2D eigenvalue weighted by Crippen LogP contribution is -2.16. The molecule has 590 valence electrons. The average Bonchev–Trinajstić information content (AvgIpc) is 0.764. The maximum absolute atomic E-state index is 12.7. The summed E-state index contributed by atoms with van der Waals surface area (Å²) in [6, 6.07) is 61.7. The predicted molar refractivity (Wildman–Crippen MR) is 399 cm³/mol. The van der Waals surface area contributed by atoms with Crippen molar-refractivity contribution in [2.24, 2.45) is 0 Å². The lowest BCUT2D eigenvalue weighted by Gasteiger charge is -2.20. The molecule has 5 atom stereocenters. The summed E-state index contributed by atoms with van der Waals surface area (Å²) in [4.78, 5) is 0. The Morgan fingerprint density at radius 2 is 0.509 bits per heavy atom. The van der Waals surface area contributed by atoms with Crippen LogP contribution in [0.2, 0.25) is 0 Å². The van der Waals surface area contributed by atoms with E-state index < -0.39 is 156 Å². The quantitative estimate of drug-likeness (QED) is 0.0280. The van der Waals surface area contributed by atoms with Gasteiger partial charge in [0.25, 0.3) is 0 Å². The number of ether oxygens (including phenoxy) is 5. The van der Waals surface area contributed by atoms with Gasteiger partial charge in [0.15, 0.2) is 0 Å². The van der Waals surface area contributed by atoms with Gasteiger partial charge >= 0.3 is 30.9 Å². The van der Waals surface area contributed by atoms with Crippen molar-refractivity contribution in [1.29, 1.82) is 0 Å². The van der Waals surface area contributed by atoms with Crippen LogP contribution >= 0.6 is 0 Å². The third kappa shape index (κ3) is 31.9. The Hall–Kier alpha value is -10.1. The monoisotopic (exact) mass is 1570 g/mol. The summed E-state index contributed by atoms with van der Waals surface area (Å²) in [5, 5.41) is 10.4. The minimum absolute atomic E-state index is 0.0174. The first-order valence-electron chi connectivity index (χ1n) is 44.8. The van der Waals surface area contributed by atoms with Crippen molar-refractivity contribution in [3.05, 3.63) is 329 Å². The largest absolute Gasteiger partial charge is 0.486 e. The van der Waals surface area contributed by atoms with Crippen LogP contribution in [-0.4, -0.2) is 67.5 Å². The molecule has 0 aliphatic rings. The molecule has 0 saturated carbocycles. The van der Waals surface area contributed by atoms with E-state index in [0.717, 1.165) is 115 Å². The van der Waals surface area contributed by atoms with Crippen LogP contribution in [0.1, 0.15) is 151 Å². The van der Waals surface area contributed by atoms with Crippen molar-refractivity contribution in [3.8, 4) is 28.7 Å². The number of nitrogens with one attached hydrogen (secondary N) is 5. The van der Waals surface area contributed by atoms with Gasteiger partial charge in [0.05, 0.1) is 29.2 Å². The number of rotatable bonds is 30. The van der Waals surface area contributed by atoms with Crippen LogP contribution in [0.15, 0.2) is 273 Å². The number of alkyl halides is 15. The molecule has 0 aromatic heterocycles. The van der Waals surface area contributed by atoms with Gasteiger partial charge in [-0.25, -0.2) is 0 Å². The van der Waals surface area contributed by atoms with Crippen molar-refractivity contribution < 1.29 is 122 Å². The third-order valence-electron chi connectivity index (χ3n) is 14.9. The molecule has 0 aliphatic heterocycles. The number of benzene rings is 10. The van der Waals surface area contributed by atoms with Gasteiger partial charge in [-0.2, -0.15) is 65.9 Å². The summed E-state index contributed by atoms with van der Waals surface area (Å²) in [6.07, 6.45) is -33.4. The van der Waals surface area contributed by atoms with Gasteiger partial charge in [-0.1, -0.05) is 152 Å². The van der Waals surface area contributed by atoms with E-state index in [9.17, 15) is 65.9 Å². The third-order valence-corrected chi connectivity index (χ3v) is 14.9. The summed E-state index contributed by atoms with van der Waals surface area (Å²) in [5.41, 5.74) is -1.73. The molecule has 25 heteroatoms. The molecule has 0 fully saturated rings. The van der Waals surface area contributed by atoms with E-state index in [0.29, 0.717) is 23.1 Å². The van der Waals surface area contributed by atoms with Crippen LogP contribution in [0.4, 0.5) is 65.9 Å². The Labute approximate surface area is 666 Å². The van der Waals surface area contributed by atoms with Crippen molar-refractivity contribution in [2.75, 3.05) is 67.5 Å². The Balaban J connectivity index is 0.000000258. The smallest absolute Gasteiger partial charge is 0.416 e. The molecule has 0 spiro atoms. The molecule has 10 aromatic carbocycles. The molecule has 110 heavy (non-hydrogen) atoms. The van der Waals surface area contributed by atoms with Gasteiger partial charge < -0.3 is 50.3 Å². The van der Waals surface area contributed by atoms with Crippen LogP contribution < -0.4 is 50.3 Å². The molecule has 0 radical (unpaired) electrons. The lowest BCUT2D eigenvalue weighted by atomic mass is 10.1. The topological polar surface area (TPSA) is 106 Å². The molecule has 10 nitrogen and oxygen atoms in total. The van der Waals surface area contributed by atoms with E-state index in [-0.39, 0.29) is 60.2 Å². The van der Waals surface area contributed by atoms with E-state index in [1.807, 2.05) is 35.6 Å². The van der Waals surface area contributed by atoms with E-state index in [1.165, 1.54) is 24.3 Å². The Bertz CT molecular complexity index is 5120. The van der Waals surface area contributed by atoms with Gasteiger partial charge in [-0.15, -0.1) is 0 Å². The van der Waals surface area contributed by atoms with Crippen LogP contribution in [-0.2, 0) is 30.9 Å². The standard InChI is InChI=1S/5C17H18F3NO/c5*1-21-12-11-16(13-5-3-2-4-6-13)22-15-9-7-14(8-10-15)17(18,19)20/h5*2-10,16,21H,11-12H2,1H3/i1D3,11D2,12D2;1D3,16D;1D3,12D2;1D3,11D2;1D3. The Kier molecular flexibility index (Phi) is 24.2. The minimum atomic E-state index is -4.56. The number of hydrogen-bond acceptors (Lipinski definition) is 10. The van der Waals surface area contributed by atoms with Gasteiger partial charge in [0.1, 0.15) is 59.2 Å². The summed E-state index contributed by atoms with van der Waals surface area (Å²) in [5.74, 6) is 0.387. The highest BCUT2D eigenvalue weighted by atomic mass is 19.4. The molecule has 0 aliphatic carbocycles. The molecule has 10 aromatic rings. The SMILES string of the molecule is [2H]C([2H])([2H])NC([2H])([2H])C([2H])([2H])C(Oc1ccc(C(F)(F)F)cc1)c1ccccc1.[2H]C([2H])([2H])NC([2H])([2H])CC(Oc1ccc(C(F)(F)F)cc1)c1ccccc1.[2H]C([2H])([2H])NCC([2H])([2H])C(Oc1ccc(C(F)(F)F)cc1)c1ccccc1.[2H]C([2H])([2H])NCCC(Oc1ccc(C(F)(F)F)cc1)c1ccccc1.[2H]C([2H])([2H])NCCC([2H])(Oc1ccc(C(F)(F)F)cc1)c1ccccc1. The highest BCUT2D eigenvalue weighted by molar-refractivity contribution is 5.35. The zero-order valence-corrected chi connectivity index (χ0v) is 57.7. The highest BCUT2D eigenvalue weighted by Crippen LogP contribution is 2.38. The normalized spacial score (nSPS) is 17.5. The van der Waals surface area contributed by atoms with Gasteiger partial charge in [0.2, 0.25) is 0 Å². The van der Waals surface area contributed by atoms with E-state index >= 15 is 0 Å². The fourth-order valence-electron chi connectivity index (χ4n) is 9.51. The molecular formula is C85H90F15N5O5. The molecular weight excluding hydrogens is 1460 g/mol. The second-order valence-corrected chi connectivity index (χ2v) is 22.7. The van der Waals surface area contributed by atoms with Crippen molar-refractivity contribution in [1.82, 2.24) is 26.6 Å². The molecule has 0 saturated heterocycles. The maximum atomic E-state index is 12.7. The molecule has 5 unspecified atom stereocenters. The lowest BCUT2D eigenvalue weighted by molar-refractivity contribution is -0.138. The van der Waals surface area contributed by atoms with Crippen LogP contribution in [0.5, 0.6) is 28.7 Å². The first-order chi connectivity index (χ1) is 61.5. The fraction of sp³-hybridized carbons (Fsp3) is 0.294. The van der Waals surface area contributed by atoms with Gasteiger partial charge in [-0.05, 0) is 217 Å². The van der Waals surface area contributed by atoms with E-state index in [1.54, 1.807) is 115 Å². The van der Waals surface area contributed by atoms with Crippen molar-refractivity contribution in [3.63, 3.8) is 0 Å². The average molecular weight is 1570 g/mol. The van der Waals surface area contributed by atoms with Crippen LogP contribution in [0.25, 0.3) is 0 Å². The van der Waals surface area contributed by atoms with Crippen LogP contribution in [0, 0.1) is 0 Å².